The van der Waals surface area contributed by atoms with E-state index in [1.54, 1.807) is 4.68 Å². The zero-order valence-electron chi connectivity index (χ0n) is 13.8. The predicted octanol–water partition coefficient (Wildman–Crippen LogP) is 2.66. The van der Waals surface area contributed by atoms with Gasteiger partial charge in [-0.05, 0) is 63.4 Å². The molecule has 1 amide bonds. The van der Waals surface area contributed by atoms with Crippen LogP contribution in [0.5, 0.6) is 0 Å². The van der Waals surface area contributed by atoms with Crippen molar-refractivity contribution in [1.82, 2.24) is 15.2 Å². The topological polar surface area (TPSA) is 59.3 Å². The summed E-state index contributed by atoms with van der Waals surface area (Å²) in [6.45, 7) is 10.0. The molecule has 1 aromatic carbocycles. The number of nitrogens with one attached hydrogen (secondary N) is 1. The Bertz CT molecular complexity index is 728. The van der Waals surface area contributed by atoms with Gasteiger partial charge in [-0.2, -0.15) is 10.2 Å². The van der Waals surface area contributed by atoms with Gasteiger partial charge in [-0.1, -0.05) is 12.1 Å². The minimum absolute atomic E-state index is 0.170. The van der Waals surface area contributed by atoms with Crippen LogP contribution in [0.1, 0.15) is 35.0 Å². The third-order valence-corrected chi connectivity index (χ3v) is 3.67. The molecule has 0 atom stereocenters. The highest BCUT2D eigenvalue weighted by molar-refractivity contribution is 5.99. The summed E-state index contributed by atoms with van der Waals surface area (Å²) in [5, 5.41) is 8.44. The van der Waals surface area contributed by atoms with Crippen molar-refractivity contribution in [1.29, 1.82) is 0 Å². The molecule has 0 saturated carbocycles. The van der Waals surface area contributed by atoms with Crippen LogP contribution in [0.25, 0.3) is 0 Å². The van der Waals surface area contributed by atoms with Gasteiger partial charge in [0.2, 0.25) is 0 Å². The highest BCUT2D eigenvalue weighted by atomic mass is 16.2. The fraction of sp³-hybridized carbons (Fsp3) is 0.353. The number of hydrogen-bond acceptors (Lipinski definition) is 3. The van der Waals surface area contributed by atoms with Crippen molar-refractivity contribution in [2.45, 2.75) is 41.2 Å². The minimum Gasteiger partial charge on any atom is -0.271 e. The highest BCUT2D eigenvalue weighted by Gasteiger charge is 2.07. The van der Waals surface area contributed by atoms with Crippen molar-refractivity contribution in [2.24, 2.45) is 5.10 Å². The van der Waals surface area contributed by atoms with E-state index in [4.69, 9.17) is 0 Å². The zero-order valence-corrected chi connectivity index (χ0v) is 13.8. The molecular weight excluding hydrogens is 276 g/mol. The average Bonchev–Trinajstić information content (AvgIpc) is 2.77. The summed E-state index contributed by atoms with van der Waals surface area (Å²) in [6, 6.07) is 8.08. The van der Waals surface area contributed by atoms with Crippen molar-refractivity contribution in [3.63, 3.8) is 0 Å². The molecule has 2 aromatic rings. The molecule has 0 fully saturated rings. The van der Waals surface area contributed by atoms with Crippen LogP contribution in [0.15, 0.2) is 29.4 Å². The molecular formula is C17H22N4O. The first kappa shape index (κ1) is 15.9. The smallest absolute Gasteiger partial charge is 0.261 e. The SMILES string of the molecule is C/C(=N\NC(=O)Cn1nc(C)cc1C)c1ccc(C)c(C)c1. The first-order valence-electron chi connectivity index (χ1n) is 7.28. The molecule has 1 aromatic heterocycles. The van der Waals surface area contributed by atoms with Gasteiger partial charge in [0.1, 0.15) is 6.54 Å². The first-order chi connectivity index (χ1) is 10.4. The molecule has 0 aliphatic carbocycles. The lowest BCUT2D eigenvalue weighted by molar-refractivity contribution is -0.121. The van der Waals surface area contributed by atoms with E-state index >= 15 is 0 Å². The Morgan fingerprint density at radius 2 is 1.91 bits per heavy atom. The number of benzene rings is 1. The Morgan fingerprint density at radius 3 is 2.50 bits per heavy atom. The van der Waals surface area contributed by atoms with Crippen LogP contribution in [0.4, 0.5) is 0 Å². The molecule has 0 aliphatic rings. The summed E-state index contributed by atoms with van der Waals surface area (Å²) in [4.78, 5) is 12.0. The van der Waals surface area contributed by atoms with E-state index in [1.807, 2.05) is 32.9 Å². The molecule has 0 unspecified atom stereocenters. The molecule has 0 spiro atoms. The van der Waals surface area contributed by atoms with Gasteiger partial charge in [-0.3, -0.25) is 9.48 Å². The number of carbonyl (C=O) groups excluding carboxylic acids is 1. The third-order valence-electron chi connectivity index (χ3n) is 3.67. The zero-order chi connectivity index (χ0) is 16.3. The van der Waals surface area contributed by atoms with Gasteiger partial charge in [0.15, 0.2) is 0 Å². The van der Waals surface area contributed by atoms with E-state index in [0.717, 1.165) is 22.7 Å². The molecule has 22 heavy (non-hydrogen) atoms. The van der Waals surface area contributed by atoms with Crippen molar-refractivity contribution in [2.75, 3.05) is 0 Å². The van der Waals surface area contributed by atoms with Gasteiger partial charge in [-0.15, -0.1) is 0 Å². The fourth-order valence-electron chi connectivity index (χ4n) is 2.18. The number of nitrogens with zero attached hydrogens (tertiary/aromatic N) is 3. The summed E-state index contributed by atoms with van der Waals surface area (Å²) in [5.74, 6) is -0.186. The molecule has 0 radical (unpaired) electrons. The minimum atomic E-state index is -0.186. The van der Waals surface area contributed by atoms with Gasteiger partial charge in [0, 0.05) is 5.69 Å². The molecule has 2 rings (SSSR count). The van der Waals surface area contributed by atoms with E-state index in [2.05, 4.69) is 41.6 Å². The lowest BCUT2D eigenvalue weighted by Crippen LogP contribution is -2.25. The second kappa shape index (κ2) is 6.56. The van der Waals surface area contributed by atoms with Crippen LogP contribution >= 0.6 is 0 Å². The number of hydrogen-bond donors (Lipinski definition) is 1. The average molecular weight is 298 g/mol. The van der Waals surface area contributed by atoms with Crippen LogP contribution < -0.4 is 5.43 Å². The van der Waals surface area contributed by atoms with Gasteiger partial charge in [0.05, 0.1) is 11.4 Å². The van der Waals surface area contributed by atoms with E-state index in [-0.39, 0.29) is 12.5 Å². The second-order valence-corrected chi connectivity index (χ2v) is 5.62. The monoisotopic (exact) mass is 298 g/mol. The predicted molar refractivity (Wildman–Crippen MR) is 88.0 cm³/mol. The van der Waals surface area contributed by atoms with E-state index < -0.39 is 0 Å². The second-order valence-electron chi connectivity index (χ2n) is 5.62. The highest BCUT2D eigenvalue weighted by Crippen LogP contribution is 2.10. The lowest BCUT2D eigenvalue weighted by atomic mass is 10.0. The molecule has 1 heterocycles. The van der Waals surface area contributed by atoms with Gasteiger partial charge >= 0.3 is 0 Å². The number of rotatable bonds is 4. The molecule has 0 bridgehead atoms. The largest absolute Gasteiger partial charge is 0.271 e. The van der Waals surface area contributed by atoms with E-state index in [1.165, 1.54) is 11.1 Å². The van der Waals surface area contributed by atoms with Crippen molar-refractivity contribution >= 4 is 11.6 Å². The van der Waals surface area contributed by atoms with Gasteiger partial charge in [-0.25, -0.2) is 5.43 Å². The number of amides is 1. The van der Waals surface area contributed by atoms with E-state index in [9.17, 15) is 4.79 Å². The summed E-state index contributed by atoms with van der Waals surface area (Å²) in [6.07, 6.45) is 0. The maximum atomic E-state index is 12.0. The van der Waals surface area contributed by atoms with Crippen molar-refractivity contribution < 1.29 is 4.79 Å². The maximum absolute atomic E-state index is 12.0. The standard InChI is InChI=1S/C17H22N4O/c1-11-6-7-16(8-12(11)2)15(5)18-19-17(22)10-21-14(4)9-13(3)20-21/h6-9H,10H2,1-5H3,(H,19,22)/b18-15+. The van der Waals surface area contributed by atoms with Crippen LogP contribution in [-0.4, -0.2) is 21.4 Å². The van der Waals surface area contributed by atoms with Crippen LogP contribution in [-0.2, 0) is 11.3 Å². The molecule has 0 saturated heterocycles. The van der Waals surface area contributed by atoms with Crippen molar-refractivity contribution in [3.8, 4) is 0 Å². The molecule has 0 aliphatic heterocycles. The lowest BCUT2D eigenvalue weighted by Gasteiger charge is -2.06. The Labute approximate surface area is 131 Å². The fourth-order valence-corrected chi connectivity index (χ4v) is 2.18. The Kier molecular flexibility index (Phi) is 4.75. The van der Waals surface area contributed by atoms with Crippen LogP contribution in [0.2, 0.25) is 0 Å². The Morgan fingerprint density at radius 1 is 1.18 bits per heavy atom. The molecule has 1 N–H and O–H groups in total. The first-order valence-corrected chi connectivity index (χ1v) is 7.28. The number of carbonyl (C=O) groups is 1. The third kappa shape index (κ3) is 3.81. The maximum Gasteiger partial charge on any atom is 0.261 e. The summed E-state index contributed by atoms with van der Waals surface area (Å²) in [7, 11) is 0. The Balaban J connectivity index is 2.02. The summed E-state index contributed by atoms with van der Waals surface area (Å²) < 4.78 is 1.67. The summed E-state index contributed by atoms with van der Waals surface area (Å²) in [5.41, 5.74) is 8.69. The van der Waals surface area contributed by atoms with Crippen LogP contribution in [0, 0.1) is 27.7 Å². The number of hydrazone groups is 1. The normalized spacial score (nSPS) is 11.6. The van der Waals surface area contributed by atoms with Gasteiger partial charge < -0.3 is 0 Å². The number of aromatic nitrogens is 2. The molecule has 5 nitrogen and oxygen atoms in total. The van der Waals surface area contributed by atoms with Crippen LogP contribution in [0.3, 0.4) is 0 Å². The van der Waals surface area contributed by atoms with E-state index in [0.29, 0.717) is 0 Å². The Hall–Kier alpha value is -2.43. The molecule has 5 heteroatoms. The molecule has 116 valence electrons. The summed E-state index contributed by atoms with van der Waals surface area (Å²) >= 11 is 0. The quantitative estimate of drug-likeness (QED) is 0.697. The van der Waals surface area contributed by atoms with Gasteiger partial charge in [0.25, 0.3) is 5.91 Å². The van der Waals surface area contributed by atoms with Crippen molar-refractivity contribution in [3.05, 3.63) is 52.3 Å². The number of aryl methyl sites for hydroxylation is 4.